The highest BCUT2D eigenvalue weighted by molar-refractivity contribution is 5.21. The molecule has 1 N–H and O–H groups in total. The van der Waals surface area contributed by atoms with Crippen LogP contribution in [0, 0.1) is 17.8 Å². The molecule has 0 aliphatic heterocycles. The number of hydrogen-bond acceptors (Lipinski definition) is 3. The highest BCUT2D eigenvalue weighted by Crippen LogP contribution is 2.49. The fourth-order valence-electron chi connectivity index (χ4n) is 5.14. The van der Waals surface area contributed by atoms with Gasteiger partial charge in [0.1, 0.15) is 5.75 Å². The standard InChI is InChI=1S/C25H39NO2/c1-26(2)15-9-4-5-11-20-17-21-19-25(27)23(24(21)18-20)14-8-10-16-28-22-12-6-3-7-13-22/h3,6-7,12-13,17,21,23-25,27H,4-5,8-11,14-16,18-19H2,1-2H3/t21-,23+,24-,25+/m0/s1. The van der Waals surface area contributed by atoms with Gasteiger partial charge in [0.2, 0.25) is 0 Å². The molecule has 1 fully saturated rings. The Balaban J connectivity index is 1.32. The van der Waals surface area contributed by atoms with Crippen LogP contribution in [0.2, 0.25) is 0 Å². The molecule has 0 bridgehead atoms. The molecule has 28 heavy (non-hydrogen) atoms. The van der Waals surface area contributed by atoms with Crippen LogP contribution in [-0.2, 0) is 0 Å². The summed E-state index contributed by atoms with van der Waals surface area (Å²) in [6, 6.07) is 10.1. The molecule has 4 atom stereocenters. The van der Waals surface area contributed by atoms with E-state index in [2.05, 4.69) is 25.1 Å². The third-order valence-corrected chi connectivity index (χ3v) is 6.60. The van der Waals surface area contributed by atoms with Crippen molar-refractivity contribution in [1.82, 2.24) is 4.90 Å². The monoisotopic (exact) mass is 385 g/mol. The minimum atomic E-state index is -0.0945. The average Bonchev–Trinajstić information content (AvgIpc) is 3.19. The normalized spacial score (nSPS) is 26.5. The van der Waals surface area contributed by atoms with E-state index in [4.69, 9.17) is 4.74 Å². The number of para-hydroxylation sites is 1. The first-order valence-corrected chi connectivity index (χ1v) is 11.3. The molecule has 3 rings (SSSR count). The lowest BCUT2D eigenvalue weighted by Gasteiger charge is -2.22. The lowest BCUT2D eigenvalue weighted by molar-refractivity contribution is 0.109. The summed E-state index contributed by atoms with van der Waals surface area (Å²) in [6.45, 7) is 1.98. The quantitative estimate of drug-likeness (QED) is 0.391. The van der Waals surface area contributed by atoms with E-state index in [0.29, 0.717) is 17.8 Å². The van der Waals surface area contributed by atoms with E-state index in [1.54, 1.807) is 5.57 Å². The molecule has 0 aromatic heterocycles. The van der Waals surface area contributed by atoms with Crippen molar-refractivity contribution in [3.05, 3.63) is 42.0 Å². The molecule has 0 radical (unpaired) electrons. The van der Waals surface area contributed by atoms with Gasteiger partial charge in [-0.15, -0.1) is 0 Å². The molecule has 156 valence electrons. The number of unbranched alkanes of at least 4 members (excludes halogenated alkanes) is 3. The van der Waals surface area contributed by atoms with Crippen LogP contribution in [0.25, 0.3) is 0 Å². The number of rotatable bonds is 12. The number of nitrogens with zero attached hydrogens (tertiary/aromatic N) is 1. The average molecular weight is 386 g/mol. The van der Waals surface area contributed by atoms with Gasteiger partial charge in [-0.25, -0.2) is 0 Å². The molecule has 1 saturated carbocycles. The van der Waals surface area contributed by atoms with Gasteiger partial charge in [-0.2, -0.15) is 0 Å². The van der Waals surface area contributed by atoms with Crippen molar-refractivity contribution in [2.24, 2.45) is 17.8 Å². The van der Waals surface area contributed by atoms with Crippen molar-refractivity contribution in [2.75, 3.05) is 27.2 Å². The van der Waals surface area contributed by atoms with Crippen LogP contribution in [0.1, 0.15) is 57.8 Å². The minimum absolute atomic E-state index is 0.0945. The molecule has 0 saturated heterocycles. The Kier molecular flexibility index (Phi) is 8.42. The summed E-state index contributed by atoms with van der Waals surface area (Å²) in [5.74, 6) is 2.78. The molecule has 0 spiro atoms. The minimum Gasteiger partial charge on any atom is -0.494 e. The van der Waals surface area contributed by atoms with Crippen molar-refractivity contribution < 1.29 is 9.84 Å². The molecule has 1 aromatic carbocycles. The molecule has 2 aliphatic carbocycles. The predicted molar refractivity (Wildman–Crippen MR) is 117 cm³/mol. The number of fused-ring (bicyclic) bond motifs is 1. The van der Waals surface area contributed by atoms with Gasteiger partial charge >= 0.3 is 0 Å². The first-order chi connectivity index (χ1) is 13.6. The predicted octanol–water partition coefficient (Wildman–Crippen LogP) is 5.30. The molecule has 2 aliphatic rings. The number of hydrogen-bond donors (Lipinski definition) is 1. The summed E-state index contributed by atoms with van der Waals surface area (Å²) in [6.07, 6.45) is 13.3. The fraction of sp³-hybridized carbons (Fsp3) is 0.680. The van der Waals surface area contributed by atoms with Crippen LogP contribution < -0.4 is 4.74 Å². The van der Waals surface area contributed by atoms with E-state index < -0.39 is 0 Å². The first-order valence-electron chi connectivity index (χ1n) is 11.3. The second-order valence-corrected chi connectivity index (χ2v) is 9.09. The Morgan fingerprint density at radius 3 is 2.64 bits per heavy atom. The van der Waals surface area contributed by atoms with Gasteiger partial charge in [-0.3, -0.25) is 0 Å². The number of allylic oxidation sites excluding steroid dienone is 2. The number of aliphatic hydroxyl groups excluding tert-OH is 1. The third-order valence-electron chi connectivity index (χ3n) is 6.60. The lowest BCUT2D eigenvalue weighted by Crippen LogP contribution is -2.19. The molecule has 0 heterocycles. The van der Waals surface area contributed by atoms with Gasteiger partial charge in [0.25, 0.3) is 0 Å². The molecule has 0 unspecified atom stereocenters. The Bertz CT molecular complexity index is 598. The van der Waals surface area contributed by atoms with Crippen LogP contribution in [0.5, 0.6) is 5.75 Å². The molecule has 3 heteroatoms. The van der Waals surface area contributed by atoms with E-state index in [1.165, 1.54) is 38.6 Å². The van der Waals surface area contributed by atoms with Crippen molar-refractivity contribution in [3.8, 4) is 5.75 Å². The van der Waals surface area contributed by atoms with Gasteiger partial charge in [0.05, 0.1) is 12.7 Å². The van der Waals surface area contributed by atoms with E-state index in [-0.39, 0.29) is 6.10 Å². The van der Waals surface area contributed by atoms with Crippen molar-refractivity contribution in [3.63, 3.8) is 0 Å². The number of ether oxygens (including phenoxy) is 1. The van der Waals surface area contributed by atoms with Gasteiger partial charge in [-0.05, 0) is 102 Å². The Hall–Kier alpha value is -1.32. The lowest BCUT2D eigenvalue weighted by atomic mass is 9.85. The van der Waals surface area contributed by atoms with Crippen LogP contribution in [0.4, 0.5) is 0 Å². The van der Waals surface area contributed by atoms with Crippen LogP contribution in [-0.4, -0.2) is 43.4 Å². The summed E-state index contributed by atoms with van der Waals surface area (Å²) in [7, 11) is 4.31. The molecular weight excluding hydrogens is 346 g/mol. The Morgan fingerprint density at radius 1 is 1.04 bits per heavy atom. The van der Waals surface area contributed by atoms with Gasteiger partial charge < -0.3 is 14.7 Å². The van der Waals surface area contributed by atoms with Gasteiger partial charge in [0, 0.05) is 0 Å². The maximum absolute atomic E-state index is 10.5. The van der Waals surface area contributed by atoms with Crippen molar-refractivity contribution >= 4 is 0 Å². The number of benzene rings is 1. The Morgan fingerprint density at radius 2 is 1.86 bits per heavy atom. The largest absolute Gasteiger partial charge is 0.494 e. The van der Waals surface area contributed by atoms with E-state index in [0.717, 1.165) is 38.0 Å². The van der Waals surface area contributed by atoms with E-state index in [9.17, 15) is 5.11 Å². The summed E-state index contributed by atoms with van der Waals surface area (Å²) in [5.41, 5.74) is 1.67. The van der Waals surface area contributed by atoms with E-state index in [1.807, 2.05) is 30.3 Å². The van der Waals surface area contributed by atoms with Crippen molar-refractivity contribution in [1.29, 1.82) is 0 Å². The number of aliphatic hydroxyl groups is 1. The smallest absolute Gasteiger partial charge is 0.119 e. The summed E-state index contributed by atoms with van der Waals surface area (Å²) in [5, 5.41) is 10.5. The molecule has 0 amide bonds. The molecular formula is C25H39NO2. The van der Waals surface area contributed by atoms with Gasteiger partial charge in [0.15, 0.2) is 0 Å². The maximum atomic E-state index is 10.5. The second-order valence-electron chi connectivity index (χ2n) is 9.09. The summed E-state index contributed by atoms with van der Waals surface area (Å²) >= 11 is 0. The van der Waals surface area contributed by atoms with Crippen LogP contribution in [0.3, 0.4) is 0 Å². The zero-order valence-corrected chi connectivity index (χ0v) is 17.9. The zero-order valence-electron chi connectivity index (χ0n) is 17.9. The van der Waals surface area contributed by atoms with E-state index >= 15 is 0 Å². The van der Waals surface area contributed by atoms with Gasteiger partial charge in [-0.1, -0.05) is 36.3 Å². The topological polar surface area (TPSA) is 32.7 Å². The molecule has 1 aromatic rings. The Labute approximate surface area is 171 Å². The zero-order chi connectivity index (χ0) is 19.8. The maximum Gasteiger partial charge on any atom is 0.119 e. The highest BCUT2D eigenvalue weighted by Gasteiger charge is 2.43. The summed E-state index contributed by atoms with van der Waals surface area (Å²) < 4.78 is 5.80. The SMILES string of the molecule is CN(C)CCCCCC1=C[C@H]2C[C@@H](O)[C@H](CCCCOc3ccccc3)[C@H]2C1. The van der Waals surface area contributed by atoms with Crippen LogP contribution in [0.15, 0.2) is 42.0 Å². The second kappa shape index (κ2) is 11.0. The molecule has 3 nitrogen and oxygen atoms in total. The first kappa shape index (κ1) is 21.4. The van der Waals surface area contributed by atoms with Crippen molar-refractivity contribution in [2.45, 2.75) is 63.9 Å². The summed E-state index contributed by atoms with van der Waals surface area (Å²) in [4.78, 5) is 2.27. The van der Waals surface area contributed by atoms with Crippen LogP contribution >= 0.6 is 0 Å². The third kappa shape index (κ3) is 6.35. The fourth-order valence-corrected chi connectivity index (χ4v) is 5.14. The highest BCUT2D eigenvalue weighted by atomic mass is 16.5.